The van der Waals surface area contributed by atoms with Crippen LogP contribution in [0.4, 0.5) is 0 Å². The molecule has 3 rings (SSSR count). The third-order valence-electron chi connectivity index (χ3n) is 3.52. The highest BCUT2D eigenvalue weighted by Crippen LogP contribution is 2.26. The molecular formula is C16H15Cl2N5OS2. The fraction of sp³-hybridized carbons (Fsp3) is 0.250. The molecule has 1 aromatic carbocycles. The molecule has 10 heteroatoms. The van der Waals surface area contributed by atoms with Crippen molar-refractivity contribution in [1.82, 2.24) is 25.5 Å². The molecular weight excluding hydrogens is 413 g/mol. The number of amides is 1. The van der Waals surface area contributed by atoms with E-state index in [2.05, 4.69) is 20.8 Å². The Morgan fingerprint density at radius 3 is 2.96 bits per heavy atom. The van der Waals surface area contributed by atoms with Gasteiger partial charge in [0.05, 0.1) is 18.3 Å². The lowest BCUT2D eigenvalue weighted by atomic mass is 10.1. The number of hydrogen-bond acceptors (Lipinski definition) is 6. The van der Waals surface area contributed by atoms with Crippen LogP contribution in [0, 0.1) is 0 Å². The van der Waals surface area contributed by atoms with Crippen molar-refractivity contribution >= 4 is 52.2 Å². The van der Waals surface area contributed by atoms with Gasteiger partial charge in [-0.15, -0.1) is 16.4 Å². The maximum Gasteiger partial charge on any atom is 0.230 e. The summed E-state index contributed by atoms with van der Waals surface area (Å²) in [6, 6.07) is 8.99. The van der Waals surface area contributed by atoms with E-state index in [0.29, 0.717) is 21.7 Å². The Hall–Kier alpha value is -1.61. The Kier molecular flexibility index (Phi) is 6.53. The first-order valence-electron chi connectivity index (χ1n) is 7.68. The highest BCUT2D eigenvalue weighted by molar-refractivity contribution is 7.99. The summed E-state index contributed by atoms with van der Waals surface area (Å²) in [4.78, 5) is 13.4. The molecule has 0 saturated heterocycles. The molecule has 1 atom stereocenters. The van der Waals surface area contributed by atoms with Gasteiger partial charge < -0.3 is 5.32 Å². The van der Waals surface area contributed by atoms with E-state index in [4.69, 9.17) is 23.2 Å². The second kappa shape index (κ2) is 8.85. The van der Waals surface area contributed by atoms with E-state index >= 15 is 0 Å². The number of thiophene rings is 1. The number of benzene rings is 1. The van der Waals surface area contributed by atoms with E-state index in [-0.39, 0.29) is 17.7 Å². The Balaban J connectivity index is 1.55. The van der Waals surface area contributed by atoms with E-state index < -0.39 is 0 Å². The van der Waals surface area contributed by atoms with E-state index in [0.717, 1.165) is 10.4 Å². The third-order valence-corrected chi connectivity index (χ3v) is 5.90. The lowest BCUT2D eigenvalue weighted by Crippen LogP contribution is -2.28. The molecule has 0 saturated carbocycles. The molecule has 1 amide bonds. The Bertz CT molecular complexity index is 885. The van der Waals surface area contributed by atoms with Crippen molar-refractivity contribution in [3.8, 4) is 0 Å². The average molecular weight is 428 g/mol. The van der Waals surface area contributed by atoms with E-state index in [9.17, 15) is 4.79 Å². The van der Waals surface area contributed by atoms with Crippen LogP contribution in [0.5, 0.6) is 0 Å². The van der Waals surface area contributed by atoms with E-state index in [1.54, 1.807) is 28.2 Å². The SMILES string of the molecule is CC(NC(=O)CSc1nnnn1Cc1cccs1)c1ccc(Cl)cc1Cl. The predicted molar refractivity (Wildman–Crippen MR) is 105 cm³/mol. The number of tetrazole rings is 1. The molecule has 0 fully saturated rings. The highest BCUT2D eigenvalue weighted by Gasteiger charge is 2.15. The molecule has 3 aromatic rings. The summed E-state index contributed by atoms with van der Waals surface area (Å²) < 4.78 is 1.68. The van der Waals surface area contributed by atoms with Gasteiger partial charge in [-0.05, 0) is 46.5 Å². The minimum Gasteiger partial charge on any atom is -0.349 e. The van der Waals surface area contributed by atoms with Crippen LogP contribution in [0.2, 0.25) is 10.0 Å². The predicted octanol–water partition coefficient (Wildman–Crippen LogP) is 4.06. The van der Waals surface area contributed by atoms with Crippen LogP contribution in [-0.4, -0.2) is 31.9 Å². The van der Waals surface area contributed by atoms with Crippen LogP contribution in [0.1, 0.15) is 23.4 Å². The Morgan fingerprint density at radius 1 is 1.38 bits per heavy atom. The topological polar surface area (TPSA) is 72.7 Å². The summed E-state index contributed by atoms with van der Waals surface area (Å²) in [7, 11) is 0. The van der Waals surface area contributed by atoms with Crippen LogP contribution in [0.25, 0.3) is 0 Å². The summed E-state index contributed by atoms with van der Waals surface area (Å²) >= 11 is 15.0. The molecule has 0 spiro atoms. The zero-order valence-electron chi connectivity index (χ0n) is 13.7. The standard InChI is InChI=1S/C16H15Cl2N5OS2/c1-10(13-5-4-11(17)7-14(13)18)19-15(24)9-26-16-20-21-22-23(16)8-12-3-2-6-25-12/h2-7,10H,8-9H2,1H3,(H,19,24). The van der Waals surface area contributed by atoms with Gasteiger partial charge >= 0.3 is 0 Å². The number of aromatic nitrogens is 4. The average Bonchev–Trinajstić information content (AvgIpc) is 3.25. The maximum atomic E-state index is 12.3. The largest absolute Gasteiger partial charge is 0.349 e. The van der Waals surface area contributed by atoms with Gasteiger partial charge in [-0.2, -0.15) is 0 Å². The van der Waals surface area contributed by atoms with Gasteiger partial charge in [0.1, 0.15) is 0 Å². The van der Waals surface area contributed by atoms with Crippen molar-refractivity contribution < 1.29 is 4.79 Å². The molecule has 2 heterocycles. The minimum atomic E-state index is -0.227. The first-order chi connectivity index (χ1) is 12.5. The molecule has 136 valence electrons. The van der Waals surface area contributed by atoms with Crippen molar-refractivity contribution in [2.75, 3.05) is 5.75 Å². The number of rotatable bonds is 7. The first-order valence-corrected chi connectivity index (χ1v) is 10.3. The van der Waals surface area contributed by atoms with Crippen LogP contribution in [-0.2, 0) is 11.3 Å². The quantitative estimate of drug-likeness (QED) is 0.575. The number of nitrogens with one attached hydrogen (secondary N) is 1. The van der Waals surface area contributed by atoms with Crippen LogP contribution >= 0.6 is 46.3 Å². The van der Waals surface area contributed by atoms with Gasteiger partial charge in [-0.1, -0.05) is 47.1 Å². The second-order valence-electron chi connectivity index (χ2n) is 5.44. The van der Waals surface area contributed by atoms with Crippen molar-refractivity contribution in [2.24, 2.45) is 0 Å². The van der Waals surface area contributed by atoms with E-state index in [1.807, 2.05) is 30.5 Å². The Morgan fingerprint density at radius 2 is 2.23 bits per heavy atom. The molecule has 26 heavy (non-hydrogen) atoms. The monoisotopic (exact) mass is 427 g/mol. The number of halogens is 2. The van der Waals surface area contributed by atoms with E-state index in [1.165, 1.54) is 11.8 Å². The molecule has 0 aliphatic heterocycles. The minimum absolute atomic E-state index is 0.126. The molecule has 1 N–H and O–H groups in total. The van der Waals surface area contributed by atoms with Crippen LogP contribution < -0.4 is 5.32 Å². The fourth-order valence-corrected chi connectivity index (χ4v) is 4.24. The van der Waals surface area contributed by atoms with Gasteiger partial charge in [0, 0.05) is 14.9 Å². The molecule has 0 aliphatic carbocycles. The zero-order chi connectivity index (χ0) is 18.5. The molecule has 0 radical (unpaired) electrons. The smallest absolute Gasteiger partial charge is 0.230 e. The van der Waals surface area contributed by atoms with Gasteiger partial charge in [0.15, 0.2) is 0 Å². The molecule has 0 bridgehead atoms. The number of hydrogen-bond donors (Lipinski definition) is 1. The summed E-state index contributed by atoms with van der Waals surface area (Å²) in [6.45, 7) is 2.46. The van der Waals surface area contributed by atoms with Gasteiger partial charge in [-0.3, -0.25) is 4.79 Å². The molecule has 6 nitrogen and oxygen atoms in total. The first kappa shape index (κ1) is 19.2. The lowest BCUT2D eigenvalue weighted by molar-refractivity contribution is -0.119. The van der Waals surface area contributed by atoms with Crippen molar-refractivity contribution in [3.63, 3.8) is 0 Å². The van der Waals surface area contributed by atoms with Crippen LogP contribution in [0.15, 0.2) is 40.9 Å². The summed E-state index contributed by atoms with van der Waals surface area (Å²) in [5.74, 6) is 0.0829. The second-order valence-corrected chi connectivity index (χ2v) is 8.26. The summed E-state index contributed by atoms with van der Waals surface area (Å²) in [5, 5.41) is 18.3. The third kappa shape index (κ3) is 4.97. The highest BCUT2D eigenvalue weighted by atomic mass is 35.5. The lowest BCUT2D eigenvalue weighted by Gasteiger charge is -2.15. The van der Waals surface area contributed by atoms with Gasteiger partial charge in [-0.25, -0.2) is 4.68 Å². The Labute approximate surface area is 168 Å². The maximum absolute atomic E-state index is 12.3. The number of nitrogens with zero attached hydrogens (tertiary/aromatic N) is 4. The van der Waals surface area contributed by atoms with Crippen molar-refractivity contribution in [2.45, 2.75) is 24.7 Å². The van der Waals surface area contributed by atoms with Gasteiger partial charge in [0.2, 0.25) is 11.1 Å². The number of carbonyl (C=O) groups is 1. The number of carbonyl (C=O) groups excluding carboxylic acids is 1. The zero-order valence-corrected chi connectivity index (χ0v) is 16.9. The van der Waals surface area contributed by atoms with Gasteiger partial charge in [0.25, 0.3) is 0 Å². The van der Waals surface area contributed by atoms with Crippen molar-refractivity contribution in [1.29, 1.82) is 0 Å². The van der Waals surface area contributed by atoms with Crippen LogP contribution in [0.3, 0.4) is 0 Å². The fourth-order valence-electron chi connectivity index (χ4n) is 2.29. The molecule has 1 unspecified atom stereocenters. The summed E-state index contributed by atoms with van der Waals surface area (Å²) in [5.41, 5.74) is 0.817. The summed E-state index contributed by atoms with van der Waals surface area (Å²) in [6.07, 6.45) is 0. The van der Waals surface area contributed by atoms with Crippen molar-refractivity contribution in [3.05, 3.63) is 56.2 Å². The molecule has 2 aromatic heterocycles. The normalized spacial score (nSPS) is 12.1. The number of thioether (sulfide) groups is 1. The molecule has 0 aliphatic rings.